The van der Waals surface area contributed by atoms with E-state index in [4.69, 9.17) is 9.16 Å². The van der Waals surface area contributed by atoms with Crippen LogP contribution in [-0.4, -0.2) is 21.0 Å². The number of hydrogen-bond donors (Lipinski definition) is 0. The second-order valence-electron chi connectivity index (χ2n) is 7.07. The highest BCUT2D eigenvalue weighted by Crippen LogP contribution is 2.37. The fourth-order valence-corrected chi connectivity index (χ4v) is 3.43. The molecular weight excluding hydrogens is 448 g/mol. The van der Waals surface area contributed by atoms with Crippen LogP contribution in [0.2, 0.25) is 18.1 Å². The first-order valence-electron chi connectivity index (χ1n) is 7.61. The molecule has 0 aromatic heterocycles. The molecule has 0 aliphatic rings. The third-order valence-electron chi connectivity index (χ3n) is 4.12. The van der Waals surface area contributed by atoms with Crippen LogP contribution in [0.3, 0.4) is 0 Å². The second kappa shape index (κ2) is 8.22. The van der Waals surface area contributed by atoms with Crippen molar-refractivity contribution in [1.29, 1.82) is 0 Å². The summed E-state index contributed by atoms with van der Waals surface area (Å²) in [6.45, 7) is 10.8. The summed E-state index contributed by atoms with van der Waals surface area (Å²) in [6, 6.07) is 4.90. The fraction of sp³-hybridized carbons (Fsp3) is 0.529. The molecule has 0 heterocycles. The molecule has 24 heavy (non-hydrogen) atoms. The molecule has 7 heteroatoms. The van der Waals surface area contributed by atoms with Gasteiger partial charge in [-0.3, -0.25) is 0 Å². The van der Waals surface area contributed by atoms with Crippen molar-refractivity contribution in [1.82, 2.24) is 0 Å². The van der Waals surface area contributed by atoms with Crippen molar-refractivity contribution < 1.29 is 22.3 Å². The third-order valence-corrected chi connectivity index (χ3v) is 9.03. The largest absolute Gasteiger partial charge is 0.491 e. The first kappa shape index (κ1) is 21.5. The molecule has 0 radical (unpaired) electrons. The average Bonchev–Trinajstić information content (AvgIpc) is 2.43. The molecule has 0 saturated carbocycles. The highest BCUT2D eigenvalue weighted by molar-refractivity contribution is 14.1. The molecule has 0 unspecified atom stereocenters. The summed E-state index contributed by atoms with van der Waals surface area (Å²) in [4.78, 5) is 0. The van der Waals surface area contributed by atoms with E-state index in [0.29, 0.717) is 0 Å². The summed E-state index contributed by atoms with van der Waals surface area (Å²) in [7, 11) is -2.00. The van der Waals surface area contributed by atoms with Crippen molar-refractivity contribution in [3.63, 3.8) is 0 Å². The van der Waals surface area contributed by atoms with Crippen molar-refractivity contribution in [3.8, 4) is 5.75 Å². The van der Waals surface area contributed by atoms with Gasteiger partial charge in [-0.2, -0.15) is 13.2 Å². The maximum absolute atomic E-state index is 12.8. The van der Waals surface area contributed by atoms with Gasteiger partial charge in [-0.1, -0.05) is 49.4 Å². The van der Waals surface area contributed by atoms with Gasteiger partial charge in [0.1, 0.15) is 12.4 Å². The highest BCUT2D eigenvalue weighted by atomic mass is 127. The Labute approximate surface area is 156 Å². The molecule has 1 atom stereocenters. The van der Waals surface area contributed by atoms with Crippen LogP contribution >= 0.6 is 22.6 Å². The van der Waals surface area contributed by atoms with Crippen molar-refractivity contribution >= 4 is 30.9 Å². The van der Waals surface area contributed by atoms with E-state index >= 15 is 0 Å². The monoisotopic (exact) mass is 472 g/mol. The normalized spacial score (nSPS) is 14.9. The van der Waals surface area contributed by atoms with Crippen LogP contribution < -0.4 is 4.74 Å². The highest BCUT2D eigenvalue weighted by Gasteiger charge is 2.39. The van der Waals surface area contributed by atoms with Crippen LogP contribution in [0.5, 0.6) is 5.75 Å². The molecule has 0 N–H and O–H groups in total. The molecule has 0 fully saturated rings. The molecular formula is C17H24F3IO2Si. The molecule has 1 aromatic rings. The molecule has 1 aromatic carbocycles. The van der Waals surface area contributed by atoms with Crippen LogP contribution in [0.25, 0.3) is 0 Å². The van der Waals surface area contributed by atoms with Crippen LogP contribution in [0.4, 0.5) is 13.2 Å². The Bertz CT molecular complexity index is 566. The van der Waals surface area contributed by atoms with Crippen LogP contribution in [0.1, 0.15) is 26.3 Å². The first-order valence-corrected chi connectivity index (χ1v) is 11.8. The van der Waals surface area contributed by atoms with E-state index < -0.39 is 20.1 Å². The number of ether oxygens (including phenoxy) is 1. The van der Waals surface area contributed by atoms with Gasteiger partial charge in [-0.25, -0.2) is 0 Å². The van der Waals surface area contributed by atoms with E-state index in [1.807, 2.05) is 10.2 Å². The Morgan fingerprint density at radius 1 is 1.21 bits per heavy atom. The summed E-state index contributed by atoms with van der Waals surface area (Å²) in [6.07, 6.45) is -2.80. The maximum Gasteiger partial charge on any atom is 0.416 e. The summed E-state index contributed by atoms with van der Waals surface area (Å²) in [5, 5.41) is 0.0422. The minimum atomic E-state index is -4.38. The van der Waals surface area contributed by atoms with E-state index in [1.165, 1.54) is 12.1 Å². The molecule has 2 nitrogen and oxygen atoms in total. The van der Waals surface area contributed by atoms with Gasteiger partial charge < -0.3 is 9.16 Å². The van der Waals surface area contributed by atoms with E-state index in [2.05, 4.69) is 56.5 Å². The predicted molar refractivity (Wildman–Crippen MR) is 102 cm³/mol. The zero-order valence-corrected chi connectivity index (χ0v) is 17.7. The maximum atomic E-state index is 12.8. The minimum absolute atomic E-state index is 0.0422. The van der Waals surface area contributed by atoms with Crippen molar-refractivity contribution in [3.05, 3.63) is 40.0 Å². The molecule has 0 aliphatic carbocycles. The van der Waals surface area contributed by atoms with Gasteiger partial charge in [-0.05, 0) is 46.5 Å². The molecule has 0 spiro atoms. The van der Waals surface area contributed by atoms with Crippen LogP contribution in [0, 0.1) is 0 Å². The Morgan fingerprint density at radius 3 is 2.33 bits per heavy atom. The van der Waals surface area contributed by atoms with Gasteiger partial charge in [0.2, 0.25) is 0 Å². The molecule has 0 aliphatic heterocycles. The Morgan fingerprint density at radius 2 is 1.83 bits per heavy atom. The standard InChI is InChI=1S/C17H24F3IO2Si/c1-16(2,3)24(4,5)23-15(9-10-21)12-22-14-8-6-7-13(11-14)17(18,19)20/h6-11,15H,12H2,1-5H3/b10-9+/t15-/m1/s1. The Hall–Kier alpha value is -0.543. The van der Waals surface area contributed by atoms with Crippen LogP contribution in [0.15, 0.2) is 34.4 Å². The molecule has 0 saturated heterocycles. The summed E-state index contributed by atoms with van der Waals surface area (Å²) < 4.78 is 51.9. The lowest BCUT2D eigenvalue weighted by atomic mass is 10.2. The van der Waals surface area contributed by atoms with Gasteiger partial charge in [0.05, 0.1) is 11.7 Å². The summed E-state index contributed by atoms with van der Waals surface area (Å²) >= 11 is 2.10. The zero-order valence-electron chi connectivity index (χ0n) is 14.6. The Kier molecular flexibility index (Phi) is 7.37. The van der Waals surface area contributed by atoms with Crippen molar-refractivity contribution in [2.45, 2.75) is 51.2 Å². The second-order valence-corrected chi connectivity index (χ2v) is 12.5. The number of rotatable bonds is 6. The summed E-state index contributed by atoms with van der Waals surface area (Å²) in [5.41, 5.74) is -0.716. The molecule has 0 bridgehead atoms. The van der Waals surface area contributed by atoms with Crippen molar-refractivity contribution in [2.24, 2.45) is 0 Å². The van der Waals surface area contributed by atoms with E-state index in [1.54, 1.807) is 0 Å². The SMILES string of the molecule is CC(C)(C)[Si](C)(C)O[C@H](/C=C/I)COc1cccc(C(F)(F)F)c1. The number of benzene rings is 1. The number of alkyl halides is 3. The molecule has 136 valence electrons. The lowest BCUT2D eigenvalue weighted by Gasteiger charge is -2.38. The molecule has 0 amide bonds. The van der Waals surface area contributed by atoms with Crippen molar-refractivity contribution in [2.75, 3.05) is 6.61 Å². The van der Waals surface area contributed by atoms with Gasteiger partial charge >= 0.3 is 6.18 Å². The predicted octanol–water partition coefficient (Wildman–Crippen LogP) is 6.42. The van der Waals surface area contributed by atoms with Gasteiger partial charge in [0.25, 0.3) is 0 Å². The topological polar surface area (TPSA) is 18.5 Å². The fourth-order valence-electron chi connectivity index (χ4n) is 1.71. The number of hydrogen-bond acceptors (Lipinski definition) is 2. The van der Waals surface area contributed by atoms with Gasteiger partial charge in [0, 0.05) is 0 Å². The molecule has 1 rings (SSSR count). The lowest BCUT2D eigenvalue weighted by molar-refractivity contribution is -0.137. The quantitative estimate of drug-likeness (QED) is 0.351. The van der Waals surface area contributed by atoms with Crippen LogP contribution in [-0.2, 0) is 10.6 Å². The van der Waals surface area contributed by atoms with Gasteiger partial charge in [-0.15, -0.1) is 0 Å². The van der Waals surface area contributed by atoms with E-state index in [9.17, 15) is 13.2 Å². The lowest BCUT2D eigenvalue weighted by Crippen LogP contribution is -2.44. The smallest absolute Gasteiger partial charge is 0.416 e. The zero-order chi connectivity index (χ0) is 18.6. The summed E-state index contributed by atoms with van der Waals surface area (Å²) in [5.74, 6) is 0.190. The Balaban J connectivity index is 2.81. The van der Waals surface area contributed by atoms with E-state index in [0.717, 1.165) is 12.1 Å². The number of halogens is 4. The first-order chi connectivity index (χ1) is 10.9. The minimum Gasteiger partial charge on any atom is -0.491 e. The van der Waals surface area contributed by atoms with Gasteiger partial charge in [0.15, 0.2) is 8.32 Å². The third kappa shape index (κ3) is 6.40. The van der Waals surface area contributed by atoms with E-state index in [-0.39, 0.29) is 23.5 Å². The average molecular weight is 472 g/mol.